The lowest BCUT2D eigenvalue weighted by atomic mass is 10.3. The van der Waals surface area contributed by atoms with Gasteiger partial charge in [0.25, 0.3) is 5.91 Å². The number of carbonyl (C=O) groups is 1. The van der Waals surface area contributed by atoms with Crippen LogP contribution in [0.25, 0.3) is 0 Å². The minimum absolute atomic E-state index is 0.106. The first-order valence-corrected chi connectivity index (χ1v) is 7.66. The lowest BCUT2D eigenvalue weighted by molar-refractivity contribution is 0.0956. The molecular weight excluding hydrogens is 298 g/mol. The Labute approximate surface area is 104 Å². The van der Waals surface area contributed by atoms with Gasteiger partial charge in [0.2, 0.25) is 0 Å². The van der Waals surface area contributed by atoms with Gasteiger partial charge in [0, 0.05) is 34.2 Å². The second-order valence-corrected chi connectivity index (χ2v) is 6.98. The fraction of sp³-hybridized carbons (Fsp3) is 0.444. The first kappa shape index (κ1) is 12.9. The second-order valence-electron chi connectivity index (χ2n) is 2.83. The van der Waals surface area contributed by atoms with E-state index in [1.807, 2.05) is 6.92 Å². The number of amides is 1. The van der Waals surface area contributed by atoms with Crippen LogP contribution in [0.15, 0.2) is 15.2 Å². The monoisotopic (exact) mass is 309 g/mol. The summed E-state index contributed by atoms with van der Waals surface area (Å²) in [5.74, 6) is 1.05. The molecule has 1 atom stereocenters. The maximum Gasteiger partial charge on any atom is 0.252 e. The standard InChI is InChI=1S/C9H12BrNO2S2/c1-2-15(13)4-3-11-9(12)7-5-8(10)14-6-7/h5-6H,2-4H2,1H3,(H,11,12). The van der Waals surface area contributed by atoms with E-state index in [2.05, 4.69) is 21.2 Å². The third kappa shape index (κ3) is 4.44. The van der Waals surface area contributed by atoms with Crippen molar-refractivity contribution in [1.29, 1.82) is 0 Å². The number of hydrogen-bond acceptors (Lipinski definition) is 3. The molecular formula is C9H12BrNO2S2. The van der Waals surface area contributed by atoms with Crippen LogP contribution in [-0.4, -0.2) is 28.2 Å². The van der Waals surface area contributed by atoms with Gasteiger partial charge in [0.1, 0.15) is 0 Å². The molecule has 0 spiro atoms. The molecule has 0 saturated carbocycles. The summed E-state index contributed by atoms with van der Waals surface area (Å²) in [6.45, 7) is 2.33. The van der Waals surface area contributed by atoms with Crippen molar-refractivity contribution in [1.82, 2.24) is 5.32 Å². The lowest BCUT2D eigenvalue weighted by Crippen LogP contribution is -2.27. The van der Waals surface area contributed by atoms with Gasteiger partial charge in [-0.1, -0.05) is 6.92 Å². The Bertz CT molecular complexity index is 365. The number of thiophene rings is 1. The largest absolute Gasteiger partial charge is 0.351 e. The average Bonchev–Trinajstić information content (AvgIpc) is 2.64. The second kappa shape index (κ2) is 6.40. The van der Waals surface area contributed by atoms with Gasteiger partial charge in [-0.25, -0.2) is 0 Å². The molecule has 0 fully saturated rings. The molecule has 84 valence electrons. The SMILES string of the molecule is CCS(=O)CCNC(=O)c1csc(Br)c1. The van der Waals surface area contributed by atoms with Crippen molar-refractivity contribution in [3.63, 3.8) is 0 Å². The molecule has 1 aromatic rings. The van der Waals surface area contributed by atoms with Gasteiger partial charge in [0.05, 0.1) is 9.35 Å². The van der Waals surface area contributed by atoms with E-state index in [1.54, 1.807) is 11.4 Å². The van der Waals surface area contributed by atoms with Crippen LogP contribution in [-0.2, 0) is 10.8 Å². The first-order chi connectivity index (χ1) is 7.13. The van der Waals surface area contributed by atoms with Crippen LogP contribution in [0.2, 0.25) is 0 Å². The smallest absolute Gasteiger partial charge is 0.252 e. The molecule has 15 heavy (non-hydrogen) atoms. The third-order valence-corrected chi connectivity index (χ3v) is 4.57. The Hall–Kier alpha value is -0.200. The molecule has 0 saturated heterocycles. The van der Waals surface area contributed by atoms with E-state index in [0.29, 0.717) is 23.6 Å². The highest BCUT2D eigenvalue weighted by atomic mass is 79.9. The summed E-state index contributed by atoms with van der Waals surface area (Å²) in [6.07, 6.45) is 0. The van der Waals surface area contributed by atoms with Crippen molar-refractivity contribution >= 4 is 44.0 Å². The molecule has 0 aliphatic heterocycles. The Morgan fingerprint density at radius 3 is 2.93 bits per heavy atom. The summed E-state index contributed by atoms with van der Waals surface area (Å²) in [5.41, 5.74) is 0.647. The van der Waals surface area contributed by atoms with E-state index in [0.717, 1.165) is 3.79 Å². The molecule has 0 aliphatic rings. The van der Waals surface area contributed by atoms with Crippen LogP contribution in [0.1, 0.15) is 17.3 Å². The molecule has 1 unspecified atom stereocenters. The van der Waals surface area contributed by atoms with Crippen LogP contribution in [0, 0.1) is 0 Å². The number of rotatable bonds is 5. The van der Waals surface area contributed by atoms with Crippen LogP contribution >= 0.6 is 27.3 Å². The van der Waals surface area contributed by atoms with Crippen molar-refractivity contribution in [2.45, 2.75) is 6.92 Å². The summed E-state index contributed by atoms with van der Waals surface area (Å²) < 4.78 is 12.0. The van der Waals surface area contributed by atoms with Gasteiger partial charge < -0.3 is 5.32 Å². The van der Waals surface area contributed by atoms with Gasteiger partial charge in [-0.15, -0.1) is 11.3 Å². The highest BCUT2D eigenvalue weighted by molar-refractivity contribution is 9.11. The first-order valence-electron chi connectivity index (χ1n) is 4.50. The topological polar surface area (TPSA) is 46.2 Å². The summed E-state index contributed by atoms with van der Waals surface area (Å²) in [4.78, 5) is 11.5. The number of halogens is 1. The average molecular weight is 310 g/mol. The number of nitrogens with one attached hydrogen (secondary N) is 1. The van der Waals surface area contributed by atoms with Crippen LogP contribution < -0.4 is 5.32 Å². The zero-order valence-electron chi connectivity index (χ0n) is 8.29. The predicted octanol–water partition coefficient (Wildman–Crippen LogP) is 2.01. The fourth-order valence-electron chi connectivity index (χ4n) is 0.954. The van der Waals surface area contributed by atoms with E-state index in [4.69, 9.17) is 0 Å². The molecule has 0 radical (unpaired) electrons. The Morgan fingerprint density at radius 1 is 1.67 bits per heavy atom. The van der Waals surface area contributed by atoms with Crippen molar-refractivity contribution in [3.05, 3.63) is 20.8 Å². The Balaban J connectivity index is 2.34. The maximum atomic E-state index is 11.5. The maximum absolute atomic E-state index is 11.5. The summed E-state index contributed by atoms with van der Waals surface area (Å²) in [5, 5.41) is 4.52. The number of carbonyl (C=O) groups excluding carboxylic acids is 1. The van der Waals surface area contributed by atoms with E-state index in [9.17, 15) is 9.00 Å². The zero-order chi connectivity index (χ0) is 11.3. The highest BCUT2D eigenvalue weighted by Gasteiger charge is 2.07. The zero-order valence-corrected chi connectivity index (χ0v) is 11.5. The summed E-state index contributed by atoms with van der Waals surface area (Å²) in [6, 6.07) is 1.77. The van der Waals surface area contributed by atoms with Gasteiger partial charge in [-0.05, 0) is 22.0 Å². The molecule has 3 nitrogen and oxygen atoms in total. The van der Waals surface area contributed by atoms with Crippen molar-refractivity contribution < 1.29 is 9.00 Å². The van der Waals surface area contributed by atoms with Crippen molar-refractivity contribution in [3.8, 4) is 0 Å². The molecule has 1 N–H and O–H groups in total. The van der Waals surface area contributed by atoms with Gasteiger partial charge >= 0.3 is 0 Å². The predicted molar refractivity (Wildman–Crippen MR) is 67.9 cm³/mol. The van der Waals surface area contributed by atoms with Gasteiger partial charge in [0.15, 0.2) is 0 Å². The fourth-order valence-corrected chi connectivity index (χ4v) is 2.71. The van der Waals surface area contributed by atoms with Crippen LogP contribution in [0.5, 0.6) is 0 Å². The lowest BCUT2D eigenvalue weighted by Gasteiger charge is -2.02. The van der Waals surface area contributed by atoms with Crippen LogP contribution in [0.3, 0.4) is 0 Å². The van der Waals surface area contributed by atoms with E-state index < -0.39 is 10.8 Å². The molecule has 0 aromatic carbocycles. The molecule has 0 aliphatic carbocycles. The third-order valence-electron chi connectivity index (χ3n) is 1.77. The minimum Gasteiger partial charge on any atom is -0.351 e. The van der Waals surface area contributed by atoms with Gasteiger partial charge in [-0.2, -0.15) is 0 Å². The van der Waals surface area contributed by atoms with Gasteiger partial charge in [-0.3, -0.25) is 9.00 Å². The van der Waals surface area contributed by atoms with Crippen LogP contribution in [0.4, 0.5) is 0 Å². The van der Waals surface area contributed by atoms with Crippen molar-refractivity contribution in [2.24, 2.45) is 0 Å². The molecule has 1 rings (SSSR count). The molecule has 0 bridgehead atoms. The van der Waals surface area contributed by atoms with E-state index >= 15 is 0 Å². The molecule has 1 heterocycles. The summed E-state index contributed by atoms with van der Waals surface area (Å²) >= 11 is 4.77. The quantitative estimate of drug-likeness (QED) is 0.904. The van der Waals surface area contributed by atoms with E-state index in [1.165, 1.54) is 11.3 Å². The molecule has 6 heteroatoms. The molecule has 1 aromatic heterocycles. The Kier molecular flexibility index (Phi) is 5.49. The normalized spacial score (nSPS) is 12.4. The van der Waals surface area contributed by atoms with Crippen molar-refractivity contribution in [2.75, 3.05) is 18.1 Å². The molecule has 1 amide bonds. The highest BCUT2D eigenvalue weighted by Crippen LogP contribution is 2.20. The number of hydrogen-bond donors (Lipinski definition) is 1. The van der Waals surface area contributed by atoms with E-state index in [-0.39, 0.29) is 5.91 Å². The minimum atomic E-state index is -0.816. The summed E-state index contributed by atoms with van der Waals surface area (Å²) in [7, 11) is -0.816. The Morgan fingerprint density at radius 2 is 2.40 bits per heavy atom.